The number of ketones is 1. The van der Waals surface area contributed by atoms with Crippen molar-refractivity contribution in [3.05, 3.63) is 60.2 Å². The van der Waals surface area contributed by atoms with Crippen molar-refractivity contribution >= 4 is 5.78 Å². The van der Waals surface area contributed by atoms with E-state index < -0.39 is 0 Å². The molecule has 0 amide bonds. The fourth-order valence-electron chi connectivity index (χ4n) is 2.58. The first-order valence-electron chi connectivity index (χ1n) is 6.80. The van der Waals surface area contributed by atoms with Crippen molar-refractivity contribution < 1.29 is 4.79 Å². The highest BCUT2D eigenvalue weighted by atomic mass is 16.1. The van der Waals surface area contributed by atoms with Crippen LogP contribution in [0.5, 0.6) is 0 Å². The summed E-state index contributed by atoms with van der Waals surface area (Å²) in [6, 6.07) is 9.45. The molecule has 1 aromatic carbocycles. The fraction of sp³-hybridized carbons (Fsp3) is 0.353. The molecule has 1 aliphatic carbocycles. The molecule has 0 aliphatic heterocycles. The van der Waals surface area contributed by atoms with Gasteiger partial charge in [-0.15, -0.1) is 0 Å². The van der Waals surface area contributed by atoms with E-state index in [0.29, 0.717) is 0 Å². The van der Waals surface area contributed by atoms with Gasteiger partial charge in [-0.25, -0.2) is 0 Å². The van der Waals surface area contributed by atoms with Gasteiger partial charge >= 0.3 is 0 Å². The Labute approximate surface area is 121 Å². The largest absolute Gasteiger partial charge is 0.293 e. The summed E-state index contributed by atoms with van der Waals surface area (Å²) < 4.78 is 0. The summed E-state index contributed by atoms with van der Waals surface area (Å²) in [6.45, 7) is 0. The number of rotatable bonds is 4. The number of Topliss-reactive ketones (excluding diaryl/α,β-unsaturated/α-hetero) is 1. The summed E-state index contributed by atoms with van der Waals surface area (Å²) in [5, 5.41) is 0. The van der Waals surface area contributed by atoms with Crippen molar-refractivity contribution in [2.75, 3.05) is 28.2 Å². The van der Waals surface area contributed by atoms with Gasteiger partial charge in [0, 0.05) is 5.56 Å². The Morgan fingerprint density at radius 3 is 1.90 bits per heavy atom. The smallest absolute Gasteiger partial charge is 0.173 e. The Hall–Kier alpha value is -1.71. The van der Waals surface area contributed by atoms with Crippen LogP contribution in [0.4, 0.5) is 0 Å². The molecular weight excluding hydrogens is 248 g/mol. The maximum atomic E-state index is 12.4. The van der Waals surface area contributed by atoms with Crippen LogP contribution >= 0.6 is 0 Å². The van der Waals surface area contributed by atoms with E-state index in [9.17, 15) is 4.79 Å². The van der Waals surface area contributed by atoms with Crippen molar-refractivity contribution in [3.8, 4) is 0 Å². The Morgan fingerprint density at radius 2 is 1.45 bits per heavy atom. The van der Waals surface area contributed by atoms with E-state index in [1.54, 1.807) is 0 Å². The maximum Gasteiger partial charge on any atom is 0.173 e. The molecule has 0 aromatic heterocycles. The average Bonchev–Trinajstić information content (AvgIpc) is 2.47. The van der Waals surface area contributed by atoms with Crippen LogP contribution in [0.2, 0.25) is 0 Å². The summed E-state index contributed by atoms with van der Waals surface area (Å²) in [5.41, 5.74) is 0.502. The lowest BCUT2D eigenvalue weighted by Crippen LogP contribution is -2.53. The van der Waals surface area contributed by atoms with Crippen LogP contribution in [-0.4, -0.2) is 49.4 Å². The number of nitrogens with zero attached hydrogens (tertiary/aromatic N) is 2. The van der Waals surface area contributed by atoms with Gasteiger partial charge in [-0.05, 0) is 40.3 Å². The number of hydrogen-bond acceptors (Lipinski definition) is 3. The molecule has 2 rings (SSSR count). The zero-order valence-corrected chi connectivity index (χ0v) is 12.6. The third kappa shape index (κ3) is 2.60. The van der Waals surface area contributed by atoms with E-state index in [0.717, 1.165) is 5.56 Å². The monoisotopic (exact) mass is 270 g/mol. The van der Waals surface area contributed by atoms with Gasteiger partial charge in [-0.2, -0.15) is 0 Å². The molecule has 1 aliphatic rings. The minimum atomic E-state index is -0.256. The van der Waals surface area contributed by atoms with Crippen LogP contribution in [0, 0.1) is 5.92 Å². The first kappa shape index (κ1) is 14.7. The van der Waals surface area contributed by atoms with Crippen molar-refractivity contribution in [1.82, 2.24) is 9.80 Å². The van der Waals surface area contributed by atoms with Crippen molar-refractivity contribution in [1.29, 1.82) is 0 Å². The average molecular weight is 270 g/mol. The van der Waals surface area contributed by atoms with E-state index in [2.05, 4.69) is 22.0 Å². The number of carbonyl (C=O) groups excluding carboxylic acids is 1. The number of carbonyl (C=O) groups is 1. The van der Waals surface area contributed by atoms with Gasteiger partial charge in [0.15, 0.2) is 5.78 Å². The van der Waals surface area contributed by atoms with Gasteiger partial charge in [-0.3, -0.25) is 14.6 Å². The first-order valence-corrected chi connectivity index (χ1v) is 6.80. The lowest BCUT2D eigenvalue weighted by Gasteiger charge is -2.42. The summed E-state index contributed by atoms with van der Waals surface area (Å²) in [4.78, 5) is 16.7. The van der Waals surface area contributed by atoms with Gasteiger partial charge in [0.2, 0.25) is 0 Å². The molecule has 0 atom stereocenters. The standard InChI is InChI=1S/C17H22N2O/c1-18(2)17(19(3)4)12-10-15(11-13-17)16(20)14-8-6-5-7-9-14/h5-13,15H,1-4H3. The van der Waals surface area contributed by atoms with Crippen LogP contribution in [0.3, 0.4) is 0 Å². The van der Waals surface area contributed by atoms with Crippen LogP contribution in [-0.2, 0) is 0 Å². The maximum absolute atomic E-state index is 12.4. The Balaban J connectivity index is 2.22. The minimum Gasteiger partial charge on any atom is -0.293 e. The van der Waals surface area contributed by atoms with E-state index >= 15 is 0 Å². The van der Waals surface area contributed by atoms with E-state index in [4.69, 9.17) is 0 Å². The molecule has 0 unspecified atom stereocenters. The van der Waals surface area contributed by atoms with Gasteiger partial charge in [-0.1, -0.05) is 42.5 Å². The topological polar surface area (TPSA) is 23.6 Å². The molecule has 0 fully saturated rings. The highest BCUT2D eigenvalue weighted by molar-refractivity contribution is 6.00. The predicted molar refractivity (Wildman–Crippen MR) is 82.6 cm³/mol. The number of benzene rings is 1. The van der Waals surface area contributed by atoms with Crippen LogP contribution < -0.4 is 0 Å². The second-order valence-corrected chi connectivity index (χ2v) is 5.55. The molecule has 3 heteroatoms. The highest BCUT2D eigenvalue weighted by Gasteiger charge is 2.33. The molecule has 0 heterocycles. The molecule has 106 valence electrons. The Morgan fingerprint density at radius 1 is 0.950 bits per heavy atom. The molecule has 20 heavy (non-hydrogen) atoms. The molecule has 0 saturated heterocycles. The van der Waals surface area contributed by atoms with E-state index in [-0.39, 0.29) is 17.4 Å². The predicted octanol–water partition coefficient (Wildman–Crippen LogP) is 2.43. The Kier molecular flexibility index (Phi) is 4.21. The van der Waals surface area contributed by atoms with Crippen LogP contribution in [0.15, 0.2) is 54.6 Å². The SMILES string of the molecule is CN(C)C1(N(C)C)C=CC(C(=O)c2ccccc2)C=C1. The molecule has 0 radical (unpaired) electrons. The molecular formula is C17H22N2O. The van der Waals surface area contributed by atoms with Gasteiger partial charge in [0.05, 0.1) is 5.92 Å². The summed E-state index contributed by atoms with van der Waals surface area (Å²) in [5.74, 6) is -0.0327. The second kappa shape index (κ2) is 5.73. The summed E-state index contributed by atoms with van der Waals surface area (Å²) in [7, 11) is 8.14. The number of hydrogen-bond donors (Lipinski definition) is 0. The van der Waals surface area contributed by atoms with Gasteiger partial charge < -0.3 is 0 Å². The fourth-order valence-corrected chi connectivity index (χ4v) is 2.58. The van der Waals surface area contributed by atoms with E-state index in [1.165, 1.54) is 0 Å². The van der Waals surface area contributed by atoms with Gasteiger partial charge in [0.1, 0.15) is 5.66 Å². The third-order valence-corrected chi connectivity index (χ3v) is 3.89. The summed E-state index contributed by atoms with van der Waals surface area (Å²) in [6.07, 6.45) is 8.18. The molecule has 3 nitrogen and oxygen atoms in total. The molecule has 0 bridgehead atoms. The highest BCUT2D eigenvalue weighted by Crippen LogP contribution is 2.27. The third-order valence-electron chi connectivity index (χ3n) is 3.89. The summed E-state index contributed by atoms with van der Waals surface area (Å²) >= 11 is 0. The Bertz CT molecular complexity index is 505. The lowest BCUT2D eigenvalue weighted by atomic mass is 9.89. The number of allylic oxidation sites excluding steroid dienone is 2. The molecule has 1 aromatic rings. The molecule has 0 saturated carbocycles. The quantitative estimate of drug-likeness (QED) is 0.477. The van der Waals surface area contributed by atoms with Crippen LogP contribution in [0.1, 0.15) is 10.4 Å². The molecule has 0 N–H and O–H groups in total. The van der Waals surface area contributed by atoms with Crippen molar-refractivity contribution in [2.24, 2.45) is 5.92 Å². The zero-order valence-electron chi connectivity index (χ0n) is 12.6. The van der Waals surface area contributed by atoms with Crippen molar-refractivity contribution in [3.63, 3.8) is 0 Å². The normalized spacial score (nSPS) is 17.9. The van der Waals surface area contributed by atoms with E-state index in [1.807, 2.05) is 70.7 Å². The minimum absolute atomic E-state index is 0.143. The second-order valence-electron chi connectivity index (χ2n) is 5.55. The molecule has 0 spiro atoms. The zero-order chi connectivity index (χ0) is 14.8. The van der Waals surface area contributed by atoms with Gasteiger partial charge in [0.25, 0.3) is 0 Å². The lowest BCUT2D eigenvalue weighted by molar-refractivity contribution is 0.0896. The first-order chi connectivity index (χ1) is 9.47. The van der Waals surface area contributed by atoms with Crippen LogP contribution in [0.25, 0.3) is 0 Å². The number of likely N-dealkylation sites (N-methyl/N-ethyl adjacent to an activating group) is 2. The van der Waals surface area contributed by atoms with Crippen molar-refractivity contribution in [2.45, 2.75) is 5.66 Å².